The molecule has 23 heavy (non-hydrogen) atoms. The van der Waals surface area contributed by atoms with Crippen LogP contribution in [-0.2, 0) is 14.0 Å². The molecule has 0 aromatic heterocycles. The number of aliphatic hydroxyl groups excluding tert-OH is 1. The molecule has 1 N–H and O–H groups in total. The Hall–Kier alpha value is -1.08. The molecule has 0 amide bonds. The van der Waals surface area contributed by atoms with Gasteiger partial charge in [0.1, 0.15) is 11.9 Å². The monoisotopic (exact) mass is 322 g/mol. The quantitative estimate of drug-likeness (QED) is 0.860. The van der Waals surface area contributed by atoms with Crippen LogP contribution in [0.3, 0.4) is 0 Å². The van der Waals surface area contributed by atoms with E-state index in [1.165, 1.54) is 0 Å². The third kappa shape index (κ3) is 4.07. The van der Waals surface area contributed by atoms with Gasteiger partial charge in [-0.2, -0.15) is 0 Å². The van der Waals surface area contributed by atoms with Crippen LogP contribution in [-0.4, -0.2) is 49.9 Å². The van der Waals surface area contributed by atoms with Crippen LogP contribution in [0.1, 0.15) is 34.1 Å². The first-order valence-electron chi connectivity index (χ1n) is 8.02. The largest absolute Gasteiger partial charge is 0.494 e. The standard InChI is InChI=1S/C16H23BO4.CH4O/c1-15(2)16(3,4)21-17(20-15)12-5-7-13(8-6-12)19-14-9-10-18-11-14;1-2/h5-8,14H,9-11H2,1-4H3;2H,1H3. The van der Waals surface area contributed by atoms with Crippen molar-refractivity contribution in [2.45, 2.75) is 51.4 Å². The molecular formula is C17H27BO5. The summed E-state index contributed by atoms with van der Waals surface area (Å²) in [4.78, 5) is 0. The average Bonchev–Trinajstić information content (AvgIpc) is 3.08. The summed E-state index contributed by atoms with van der Waals surface area (Å²) in [5.74, 6) is 0.866. The van der Waals surface area contributed by atoms with Crippen LogP contribution < -0.4 is 10.2 Å². The van der Waals surface area contributed by atoms with Gasteiger partial charge in [0.2, 0.25) is 0 Å². The van der Waals surface area contributed by atoms with Gasteiger partial charge < -0.3 is 23.9 Å². The number of rotatable bonds is 3. The SMILES string of the molecule is CC1(C)OB(c2ccc(OC3CCOC3)cc2)OC1(C)C.CO. The Kier molecular flexibility index (Phi) is 5.73. The zero-order valence-corrected chi connectivity index (χ0v) is 14.7. The smallest absolute Gasteiger partial charge is 0.488 e. The zero-order valence-electron chi connectivity index (χ0n) is 14.7. The van der Waals surface area contributed by atoms with Crippen LogP contribution in [0.2, 0.25) is 0 Å². The lowest BCUT2D eigenvalue weighted by molar-refractivity contribution is 0.00578. The van der Waals surface area contributed by atoms with E-state index >= 15 is 0 Å². The molecule has 0 radical (unpaired) electrons. The van der Waals surface area contributed by atoms with E-state index in [1.54, 1.807) is 0 Å². The lowest BCUT2D eigenvalue weighted by Crippen LogP contribution is -2.41. The van der Waals surface area contributed by atoms with E-state index in [0.29, 0.717) is 6.61 Å². The number of hydrogen-bond donors (Lipinski definition) is 1. The van der Waals surface area contributed by atoms with E-state index in [9.17, 15) is 0 Å². The van der Waals surface area contributed by atoms with Crippen molar-refractivity contribution in [3.8, 4) is 5.75 Å². The molecule has 2 saturated heterocycles. The van der Waals surface area contributed by atoms with Gasteiger partial charge in [-0.1, -0.05) is 12.1 Å². The van der Waals surface area contributed by atoms with Gasteiger partial charge in [-0.25, -0.2) is 0 Å². The van der Waals surface area contributed by atoms with Gasteiger partial charge >= 0.3 is 7.12 Å². The van der Waals surface area contributed by atoms with E-state index in [0.717, 1.165) is 31.3 Å². The second kappa shape index (κ2) is 7.22. The Morgan fingerprint density at radius 1 is 1.04 bits per heavy atom. The molecule has 5 nitrogen and oxygen atoms in total. The van der Waals surface area contributed by atoms with Crippen molar-refractivity contribution in [2.75, 3.05) is 20.3 Å². The molecule has 1 aromatic rings. The summed E-state index contributed by atoms with van der Waals surface area (Å²) in [7, 11) is 0.680. The average molecular weight is 322 g/mol. The maximum Gasteiger partial charge on any atom is 0.494 e. The summed E-state index contributed by atoms with van der Waals surface area (Å²) in [5, 5.41) is 7.00. The highest BCUT2D eigenvalue weighted by molar-refractivity contribution is 6.62. The molecule has 2 fully saturated rings. The molecule has 0 aliphatic carbocycles. The maximum absolute atomic E-state index is 7.00. The Morgan fingerprint density at radius 2 is 1.61 bits per heavy atom. The summed E-state index contributed by atoms with van der Waals surface area (Å²) < 4.78 is 23.3. The Labute approximate surface area is 139 Å². The third-order valence-corrected chi connectivity index (χ3v) is 4.60. The number of benzene rings is 1. The summed E-state index contributed by atoms with van der Waals surface area (Å²) in [6.07, 6.45) is 1.13. The van der Waals surface area contributed by atoms with Crippen LogP contribution in [0.25, 0.3) is 0 Å². The van der Waals surface area contributed by atoms with Crippen LogP contribution in [0.15, 0.2) is 24.3 Å². The molecule has 1 atom stereocenters. The van der Waals surface area contributed by atoms with Crippen molar-refractivity contribution in [1.29, 1.82) is 0 Å². The van der Waals surface area contributed by atoms with Crippen molar-refractivity contribution in [1.82, 2.24) is 0 Å². The van der Waals surface area contributed by atoms with Crippen molar-refractivity contribution >= 4 is 12.6 Å². The maximum atomic E-state index is 7.00. The van der Waals surface area contributed by atoms with Crippen molar-refractivity contribution in [3.05, 3.63) is 24.3 Å². The molecule has 1 aromatic carbocycles. The minimum atomic E-state index is -0.320. The topological polar surface area (TPSA) is 57.2 Å². The molecule has 2 heterocycles. The van der Waals surface area contributed by atoms with Crippen molar-refractivity contribution < 1.29 is 23.9 Å². The van der Waals surface area contributed by atoms with Crippen molar-refractivity contribution in [2.24, 2.45) is 0 Å². The predicted octanol–water partition coefficient (Wildman–Crippen LogP) is 1.76. The fraction of sp³-hybridized carbons (Fsp3) is 0.647. The summed E-state index contributed by atoms with van der Waals surface area (Å²) in [6.45, 7) is 9.71. The first kappa shape index (κ1) is 18.3. The summed E-state index contributed by atoms with van der Waals surface area (Å²) >= 11 is 0. The molecule has 3 rings (SSSR count). The second-order valence-corrected chi connectivity index (χ2v) is 6.76. The first-order valence-corrected chi connectivity index (χ1v) is 8.02. The molecule has 6 heteroatoms. The highest BCUT2D eigenvalue weighted by Gasteiger charge is 2.51. The molecule has 128 valence electrons. The van der Waals surface area contributed by atoms with Crippen molar-refractivity contribution in [3.63, 3.8) is 0 Å². The Bertz CT molecular complexity index is 478. The fourth-order valence-corrected chi connectivity index (χ4v) is 2.48. The van der Waals surface area contributed by atoms with Gasteiger partial charge in [-0.15, -0.1) is 0 Å². The first-order chi connectivity index (χ1) is 10.9. The van der Waals surface area contributed by atoms with E-state index in [-0.39, 0.29) is 24.4 Å². The van der Waals surface area contributed by atoms with Crippen LogP contribution >= 0.6 is 0 Å². The van der Waals surface area contributed by atoms with Gasteiger partial charge in [0.25, 0.3) is 0 Å². The number of aliphatic hydroxyl groups is 1. The number of hydrogen-bond acceptors (Lipinski definition) is 5. The Balaban J connectivity index is 0.000000924. The molecule has 1 unspecified atom stereocenters. The van der Waals surface area contributed by atoms with Gasteiger partial charge in [0.05, 0.1) is 24.4 Å². The van der Waals surface area contributed by atoms with Gasteiger partial charge in [0, 0.05) is 13.5 Å². The minimum absolute atomic E-state index is 0.174. The Morgan fingerprint density at radius 3 is 2.09 bits per heavy atom. The van der Waals surface area contributed by atoms with E-state index in [1.807, 2.05) is 24.3 Å². The van der Waals surface area contributed by atoms with Gasteiger partial charge in [-0.05, 0) is 45.3 Å². The number of ether oxygens (including phenoxy) is 2. The summed E-state index contributed by atoms with van der Waals surface area (Å²) in [6, 6.07) is 7.96. The molecule has 0 spiro atoms. The van der Waals surface area contributed by atoms with Crippen LogP contribution in [0.5, 0.6) is 5.75 Å². The fourth-order valence-electron chi connectivity index (χ4n) is 2.48. The lowest BCUT2D eigenvalue weighted by Gasteiger charge is -2.32. The van der Waals surface area contributed by atoms with Gasteiger partial charge in [-0.3, -0.25) is 0 Å². The van der Waals surface area contributed by atoms with Crippen LogP contribution in [0.4, 0.5) is 0 Å². The van der Waals surface area contributed by atoms with Gasteiger partial charge in [0.15, 0.2) is 0 Å². The summed E-state index contributed by atoms with van der Waals surface area (Å²) in [5.41, 5.74) is 0.394. The lowest BCUT2D eigenvalue weighted by atomic mass is 9.79. The molecule has 2 aliphatic rings. The van der Waals surface area contributed by atoms with Crippen LogP contribution in [0, 0.1) is 0 Å². The second-order valence-electron chi connectivity index (χ2n) is 6.76. The normalized spacial score (nSPS) is 25.0. The zero-order chi connectivity index (χ0) is 17.1. The molecule has 0 saturated carbocycles. The molecular weight excluding hydrogens is 295 g/mol. The highest BCUT2D eigenvalue weighted by Crippen LogP contribution is 2.36. The minimum Gasteiger partial charge on any atom is -0.488 e. The van der Waals surface area contributed by atoms with E-state index < -0.39 is 0 Å². The van der Waals surface area contributed by atoms with E-state index in [4.69, 9.17) is 23.9 Å². The highest BCUT2D eigenvalue weighted by atomic mass is 16.7. The van der Waals surface area contributed by atoms with E-state index in [2.05, 4.69) is 27.7 Å². The third-order valence-electron chi connectivity index (χ3n) is 4.60. The molecule has 0 bridgehead atoms. The predicted molar refractivity (Wildman–Crippen MR) is 90.2 cm³/mol. The molecule has 2 aliphatic heterocycles.